The summed E-state index contributed by atoms with van der Waals surface area (Å²) in [5.41, 5.74) is -0.506. The zero-order valence-corrected chi connectivity index (χ0v) is 9.96. The zero-order chi connectivity index (χ0) is 11.4. The van der Waals surface area contributed by atoms with Gasteiger partial charge in [0, 0.05) is 12.6 Å². The van der Waals surface area contributed by atoms with Crippen molar-refractivity contribution in [1.82, 2.24) is 5.06 Å². The van der Waals surface area contributed by atoms with Gasteiger partial charge in [0.2, 0.25) is 0 Å². The van der Waals surface area contributed by atoms with Gasteiger partial charge in [-0.25, -0.2) is 4.79 Å². The molecule has 0 N–H and O–H groups in total. The Bertz CT molecular complexity index is 184. The van der Waals surface area contributed by atoms with Crippen LogP contribution in [0.25, 0.3) is 0 Å². The minimum atomic E-state index is -0.645. The first-order valence-corrected chi connectivity index (χ1v) is 4.94. The van der Waals surface area contributed by atoms with E-state index in [9.17, 15) is 4.79 Å². The summed E-state index contributed by atoms with van der Waals surface area (Å²) in [6.07, 6.45) is -0.645. The summed E-state index contributed by atoms with van der Waals surface area (Å²) in [6, 6.07) is 0.160. The summed E-state index contributed by atoms with van der Waals surface area (Å²) >= 11 is 0. The molecule has 0 radical (unpaired) electrons. The van der Waals surface area contributed by atoms with Gasteiger partial charge in [0.15, 0.2) is 0 Å². The molecule has 0 aliphatic heterocycles. The second-order valence-corrected chi connectivity index (χ2v) is 4.38. The molecule has 4 heteroatoms. The SMILES string of the molecule is CCN(OC(=O)OC(C)(C)C)C(C)C. The van der Waals surface area contributed by atoms with Gasteiger partial charge >= 0.3 is 6.16 Å². The maximum Gasteiger partial charge on any atom is 0.528 e. The third-order valence-corrected chi connectivity index (χ3v) is 1.47. The van der Waals surface area contributed by atoms with Gasteiger partial charge in [-0.3, -0.25) is 0 Å². The van der Waals surface area contributed by atoms with Crippen LogP contribution in [-0.4, -0.2) is 29.4 Å². The summed E-state index contributed by atoms with van der Waals surface area (Å²) in [6.45, 7) is 11.9. The van der Waals surface area contributed by atoms with Crippen molar-refractivity contribution in [2.75, 3.05) is 6.54 Å². The molecule has 0 aromatic carbocycles. The Morgan fingerprint density at radius 2 is 1.86 bits per heavy atom. The van der Waals surface area contributed by atoms with Gasteiger partial charge in [-0.1, -0.05) is 0 Å². The minimum Gasteiger partial charge on any atom is -0.427 e. The quantitative estimate of drug-likeness (QED) is 0.522. The van der Waals surface area contributed by atoms with Crippen LogP contribution < -0.4 is 0 Å². The van der Waals surface area contributed by atoms with E-state index in [1.165, 1.54) is 0 Å². The van der Waals surface area contributed by atoms with E-state index in [-0.39, 0.29) is 6.04 Å². The highest BCUT2D eigenvalue weighted by atomic mass is 16.8. The molecule has 84 valence electrons. The molecule has 0 saturated heterocycles. The Balaban J connectivity index is 4.04. The van der Waals surface area contributed by atoms with E-state index >= 15 is 0 Å². The predicted molar refractivity (Wildman–Crippen MR) is 54.8 cm³/mol. The monoisotopic (exact) mass is 203 g/mol. The maximum atomic E-state index is 11.2. The summed E-state index contributed by atoms with van der Waals surface area (Å²) < 4.78 is 5.02. The van der Waals surface area contributed by atoms with E-state index in [0.717, 1.165) is 0 Å². The predicted octanol–water partition coefficient (Wildman–Crippen LogP) is 2.58. The Labute approximate surface area is 86.1 Å². The fourth-order valence-electron chi connectivity index (χ4n) is 0.899. The van der Waals surface area contributed by atoms with Crippen LogP contribution >= 0.6 is 0 Å². The molecule has 0 aromatic heterocycles. The molecule has 0 heterocycles. The van der Waals surface area contributed by atoms with Crippen LogP contribution in [0.4, 0.5) is 4.79 Å². The second kappa shape index (κ2) is 5.20. The van der Waals surface area contributed by atoms with Crippen molar-refractivity contribution in [3.63, 3.8) is 0 Å². The lowest BCUT2D eigenvalue weighted by Crippen LogP contribution is -2.36. The molecule has 0 fully saturated rings. The van der Waals surface area contributed by atoms with E-state index in [1.807, 2.05) is 20.8 Å². The highest BCUT2D eigenvalue weighted by molar-refractivity contribution is 5.60. The first-order chi connectivity index (χ1) is 6.26. The summed E-state index contributed by atoms with van der Waals surface area (Å²) in [4.78, 5) is 16.3. The molecule has 0 spiro atoms. The molecular weight excluding hydrogens is 182 g/mol. The molecule has 0 atom stereocenters. The Morgan fingerprint density at radius 3 is 2.14 bits per heavy atom. The van der Waals surface area contributed by atoms with E-state index < -0.39 is 11.8 Å². The molecule has 0 aliphatic carbocycles. The molecule has 4 nitrogen and oxygen atoms in total. The fraction of sp³-hybridized carbons (Fsp3) is 0.900. The van der Waals surface area contributed by atoms with Gasteiger partial charge in [0.1, 0.15) is 5.60 Å². The van der Waals surface area contributed by atoms with Crippen LogP contribution in [0.3, 0.4) is 0 Å². The first kappa shape index (κ1) is 13.2. The zero-order valence-electron chi connectivity index (χ0n) is 9.96. The number of rotatable bonds is 3. The summed E-state index contributed by atoms with van der Waals surface area (Å²) in [5, 5.41) is 1.58. The molecule has 0 bridgehead atoms. The van der Waals surface area contributed by atoms with Crippen LogP contribution in [0.2, 0.25) is 0 Å². The Hall–Kier alpha value is -0.770. The van der Waals surface area contributed by atoms with Crippen molar-refractivity contribution in [2.24, 2.45) is 0 Å². The number of ether oxygens (including phenoxy) is 1. The lowest BCUT2D eigenvalue weighted by molar-refractivity contribution is -0.156. The number of carbonyl (C=O) groups is 1. The summed E-state index contributed by atoms with van der Waals surface area (Å²) in [7, 11) is 0. The molecule has 0 saturated carbocycles. The minimum absolute atomic E-state index is 0.160. The van der Waals surface area contributed by atoms with Gasteiger partial charge in [0.05, 0.1) is 0 Å². The number of hydrogen-bond acceptors (Lipinski definition) is 4. The molecule has 14 heavy (non-hydrogen) atoms. The third kappa shape index (κ3) is 5.80. The Morgan fingerprint density at radius 1 is 1.36 bits per heavy atom. The molecule has 0 rings (SSSR count). The van der Waals surface area contributed by atoms with Gasteiger partial charge in [-0.05, 0) is 41.5 Å². The van der Waals surface area contributed by atoms with Crippen LogP contribution in [0.5, 0.6) is 0 Å². The average molecular weight is 203 g/mol. The molecular formula is C10H21NO3. The first-order valence-electron chi connectivity index (χ1n) is 4.94. The van der Waals surface area contributed by atoms with Crippen molar-refractivity contribution in [1.29, 1.82) is 0 Å². The van der Waals surface area contributed by atoms with Crippen LogP contribution in [0.1, 0.15) is 41.5 Å². The van der Waals surface area contributed by atoms with Crippen LogP contribution in [0, 0.1) is 0 Å². The number of hydrogen-bond donors (Lipinski definition) is 0. The normalized spacial score (nSPS) is 12.0. The van der Waals surface area contributed by atoms with Crippen molar-refractivity contribution < 1.29 is 14.4 Å². The fourth-order valence-corrected chi connectivity index (χ4v) is 0.899. The topological polar surface area (TPSA) is 38.8 Å². The van der Waals surface area contributed by atoms with Gasteiger partial charge in [-0.2, -0.15) is 0 Å². The highest BCUT2D eigenvalue weighted by Crippen LogP contribution is 2.09. The number of carbonyl (C=O) groups excluding carboxylic acids is 1. The standard InChI is InChI=1S/C10H21NO3/c1-7-11(8(2)3)14-9(12)13-10(4,5)6/h8H,7H2,1-6H3. The maximum absolute atomic E-state index is 11.2. The number of hydroxylamine groups is 2. The lowest BCUT2D eigenvalue weighted by Gasteiger charge is -2.25. The smallest absolute Gasteiger partial charge is 0.427 e. The third-order valence-electron chi connectivity index (χ3n) is 1.47. The van der Waals surface area contributed by atoms with Crippen LogP contribution in [0.15, 0.2) is 0 Å². The van der Waals surface area contributed by atoms with E-state index in [4.69, 9.17) is 9.57 Å². The number of nitrogens with zero attached hydrogens (tertiary/aromatic N) is 1. The average Bonchev–Trinajstić information content (AvgIpc) is 1.96. The largest absolute Gasteiger partial charge is 0.528 e. The van der Waals surface area contributed by atoms with Crippen molar-refractivity contribution in [3.05, 3.63) is 0 Å². The molecule has 0 unspecified atom stereocenters. The second-order valence-electron chi connectivity index (χ2n) is 4.38. The molecule has 0 amide bonds. The van der Waals surface area contributed by atoms with Gasteiger partial charge in [-0.15, -0.1) is 5.06 Å². The summed E-state index contributed by atoms with van der Waals surface area (Å²) in [5.74, 6) is 0. The lowest BCUT2D eigenvalue weighted by atomic mass is 10.2. The molecule has 0 aliphatic rings. The van der Waals surface area contributed by atoms with Crippen molar-refractivity contribution >= 4 is 6.16 Å². The highest BCUT2D eigenvalue weighted by Gasteiger charge is 2.20. The van der Waals surface area contributed by atoms with Crippen molar-refractivity contribution in [3.8, 4) is 0 Å². The van der Waals surface area contributed by atoms with E-state index in [0.29, 0.717) is 6.54 Å². The van der Waals surface area contributed by atoms with E-state index in [2.05, 4.69) is 0 Å². The van der Waals surface area contributed by atoms with Gasteiger partial charge < -0.3 is 9.57 Å². The van der Waals surface area contributed by atoms with Gasteiger partial charge in [0.25, 0.3) is 0 Å². The Kier molecular flexibility index (Phi) is 4.91. The van der Waals surface area contributed by atoms with Crippen LogP contribution in [-0.2, 0) is 9.57 Å². The van der Waals surface area contributed by atoms with E-state index in [1.54, 1.807) is 25.8 Å². The van der Waals surface area contributed by atoms with Crippen molar-refractivity contribution in [2.45, 2.75) is 53.2 Å². The molecule has 0 aromatic rings.